The third-order valence-corrected chi connectivity index (χ3v) is 3.57. The molecule has 0 spiro atoms. The molecular weight excluding hydrogens is 314 g/mol. The van der Waals surface area contributed by atoms with Gasteiger partial charge in [-0.05, 0) is 49.7 Å². The first-order valence-corrected chi connectivity index (χ1v) is 8.66. The fourth-order valence-corrected chi connectivity index (χ4v) is 2.22. The van der Waals surface area contributed by atoms with Gasteiger partial charge in [-0.1, -0.05) is 25.5 Å². The molecule has 2 aromatic carbocycles. The van der Waals surface area contributed by atoms with E-state index in [1.807, 2.05) is 43.3 Å². The predicted molar refractivity (Wildman–Crippen MR) is 102 cm³/mol. The molecule has 25 heavy (non-hydrogen) atoms. The average Bonchev–Trinajstić information content (AvgIpc) is 2.64. The molecule has 4 nitrogen and oxygen atoms in total. The fraction of sp³-hybridized carbons (Fsp3) is 0.286. The molecule has 0 fully saturated rings. The van der Waals surface area contributed by atoms with Crippen LogP contribution in [0, 0.1) is 0 Å². The molecule has 4 heteroatoms. The summed E-state index contributed by atoms with van der Waals surface area (Å²) in [5, 5.41) is 3.09. The van der Waals surface area contributed by atoms with Gasteiger partial charge in [0, 0.05) is 17.8 Å². The molecule has 0 atom stereocenters. The quantitative estimate of drug-likeness (QED) is 0.373. The maximum atomic E-state index is 12.2. The van der Waals surface area contributed by atoms with Crippen molar-refractivity contribution in [3.05, 3.63) is 66.4 Å². The Morgan fingerprint density at radius 2 is 1.80 bits per heavy atom. The molecule has 0 radical (unpaired) electrons. The van der Waals surface area contributed by atoms with E-state index >= 15 is 0 Å². The predicted octanol–water partition coefficient (Wildman–Crippen LogP) is 5.07. The molecule has 0 aromatic heterocycles. The van der Waals surface area contributed by atoms with Crippen molar-refractivity contribution in [1.82, 2.24) is 0 Å². The number of nitrogens with one attached hydrogen (secondary N) is 1. The van der Waals surface area contributed by atoms with Crippen molar-refractivity contribution in [3.63, 3.8) is 0 Å². The zero-order chi connectivity index (χ0) is 17.9. The van der Waals surface area contributed by atoms with Gasteiger partial charge in [-0.3, -0.25) is 4.79 Å². The van der Waals surface area contributed by atoms with Crippen LogP contribution in [-0.4, -0.2) is 19.0 Å². The van der Waals surface area contributed by atoms with Crippen LogP contribution >= 0.6 is 0 Å². The molecule has 0 saturated carbocycles. The number of allylic oxidation sites excluding steroid dienone is 1. The summed E-state index contributed by atoms with van der Waals surface area (Å²) in [4.78, 5) is 12.2. The van der Waals surface area contributed by atoms with Crippen LogP contribution in [-0.2, 0) is 0 Å². The van der Waals surface area contributed by atoms with Crippen molar-refractivity contribution >= 4 is 11.5 Å². The highest BCUT2D eigenvalue weighted by molar-refractivity contribution is 6.04. The number of ether oxygens (including phenoxy) is 2. The summed E-state index contributed by atoms with van der Waals surface area (Å²) >= 11 is 0. The number of rotatable bonds is 10. The highest BCUT2D eigenvalue weighted by Gasteiger charge is 2.03. The second-order valence-corrected chi connectivity index (χ2v) is 5.50. The van der Waals surface area contributed by atoms with E-state index in [1.165, 1.54) is 6.08 Å². The number of anilines is 1. The number of carbonyl (C=O) groups is 1. The van der Waals surface area contributed by atoms with E-state index in [0.717, 1.165) is 30.0 Å². The molecule has 0 saturated heterocycles. The number of carbonyl (C=O) groups excluding carboxylic acids is 1. The van der Waals surface area contributed by atoms with E-state index in [-0.39, 0.29) is 5.78 Å². The third-order valence-electron chi connectivity index (χ3n) is 3.57. The number of ketones is 1. The lowest BCUT2D eigenvalue weighted by atomic mass is 10.1. The highest BCUT2D eigenvalue weighted by Crippen LogP contribution is 2.23. The molecule has 132 valence electrons. The second kappa shape index (κ2) is 10.2. The third kappa shape index (κ3) is 5.99. The molecule has 0 aliphatic heterocycles. The first kappa shape index (κ1) is 18.6. The zero-order valence-electron chi connectivity index (χ0n) is 14.8. The van der Waals surface area contributed by atoms with Crippen LogP contribution in [0.15, 0.2) is 60.8 Å². The topological polar surface area (TPSA) is 47.6 Å². The lowest BCUT2D eigenvalue weighted by Crippen LogP contribution is -2.00. The zero-order valence-corrected chi connectivity index (χ0v) is 14.8. The highest BCUT2D eigenvalue weighted by atomic mass is 16.5. The van der Waals surface area contributed by atoms with Crippen molar-refractivity contribution in [1.29, 1.82) is 0 Å². The molecule has 0 aliphatic rings. The summed E-state index contributed by atoms with van der Waals surface area (Å²) in [7, 11) is 0. The number of hydrogen-bond acceptors (Lipinski definition) is 4. The Morgan fingerprint density at radius 1 is 1.04 bits per heavy atom. The minimum absolute atomic E-state index is 0.0681. The first-order valence-electron chi connectivity index (χ1n) is 8.66. The van der Waals surface area contributed by atoms with E-state index in [1.54, 1.807) is 18.3 Å². The molecule has 0 bridgehead atoms. The van der Waals surface area contributed by atoms with Gasteiger partial charge in [-0.25, -0.2) is 0 Å². The van der Waals surface area contributed by atoms with Gasteiger partial charge in [-0.2, -0.15) is 0 Å². The largest absolute Gasteiger partial charge is 0.494 e. The van der Waals surface area contributed by atoms with Crippen LogP contribution in [0.3, 0.4) is 0 Å². The van der Waals surface area contributed by atoms with Gasteiger partial charge in [0.2, 0.25) is 0 Å². The smallest absolute Gasteiger partial charge is 0.187 e. The van der Waals surface area contributed by atoms with Crippen molar-refractivity contribution < 1.29 is 14.3 Å². The van der Waals surface area contributed by atoms with Crippen LogP contribution < -0.4 is 14.8 Å². The van der Waals surface area contributed by atoms with Gasteiger partial charge in [0.15, 0.2) is 5.78 Å². The summed E-state index contributed by atoms with van der Waals surface area (Å²) in [5.74, 6) is 1.48. The molecule has 0 unspecified atom stereocenters. The lowest BCUT2D eigenvalue weighted by Gasteiger charge is -2.09. The van der Waals surface area contributed by atoms with Crippen molar-refractivity contribution in [3.8, 4) is 11.5 Å². The summed E-state index contributed by atoms with van der Waals surface area (Å²) < 4.78 is 11.1. The normalized spacial score (nSPS) is 10.6. The van der Waals surface area contributed by atoms with Crippen molar-refractivity contribution in [2.45, 2.75) is 26.7 Å². The van der Waals surface area contributed by atoms with Gasteiger partial charge in [-0.15, -0.1) is 0 Å². The van der Waals surface area contributed by atoms with Crippen LogP contribution in [0.2, 0.25) is 0 Å². The van der Waals surface area contributed by atoms with Crippen LogP contribution in [0.1, 0.15) is 37.0 Å². The van der Waals surface area contributed by atoms with Crippen molar-refractivity contribution in [2.24, 2.45) is 0 Å². The van der Waals surface area contributed by atoms with Gasteiger partial charge in [0.05, 0.1) is 18.9 Å². The maximum Gasteiger partial charge on any atom is 0.187 e. The van der Waals surface area contributed by atoms with Gasteiger partial charge in [0.1, 0.15) is 11.5 Å². The number of para-hydroxylation sites is 2. The van der Waals surface area contributed by atoms with Gasteiger partial charge in [0.25, 0.3) is 0 Å². The lowest BCUT2D eigenvalue weighted by molar-refractivity contribution is 0.104. The van der Waals surface area contributed by atoms with Crippen molar-refractivity contribution in [2.75, 3.05) is 18.5 Å². The van der Waals surface area contributed by atoms with E-state index < -0.39 is 0 Å². The monoisotopic (exact) mass is 339 g/mol. The minimum atomic E-state index is -0.0681. The molecule has 0 heterocycles. The van der Waals surface area contributed by atoms with Crippen LogP contribution in [0.4, 0.5) is 5.69 Å². The Hall–Kier alpha value is -2.75. The first-order chi connectivity index (χ1) is 12.2. The Morgan fingerprint density at radius 3 is 2.52 bits per heavy atom. The van der Waals surface area contributed by atoms with E-state index in [9.17, 15) is 4.79 Å². The molecule has 2 rings (SSSR count). The Balaban J connectivity index is 1.92. The molecular formula is C21H25NO3. The van der Waals surface area contributed by atoms with Crippen LogP contribution in [0.25, 0.3) is 0 Å². The summed E-state index contributed by atoms with van der Waals surface area (Å²) in [6.07, 6.45) is 5.26. The van der Waals surface area contributed by atoms with Gasteiger partial charge < -0.3 is 14.8 Å². The average molecular weight is 339 g/mol. The van der Waals surface area contributed by atoms with Crippen LogP contribution in [0.5, 0.6) is 11.5 Å². The van der Waals surface area contributed by atoms with E-state index in [2.05, 4.69) is 12.2 Å². The summed E-state index contributed by atoms with van der Waals surface area (Å²) in [6, 6.07) is 14.8. The summed E-state index contributed by atoms with van der Waals surface area (Å²) in [5.41, 5.74) is 1.45. The standard InChI is InChI=1S/C21H25NO3/c1-3-5-16-25-18-12-10-17(11-13-18)20(23)14-15-22-19-8-6-7-9-21(19)24-4-2/h6-15,22H,3-5,16H2,1-2H3/b15-14+. The number of unbranched alkanes of at least 4 members (excludes halogenated alkanes) is 1. The molecule has 1 N–H and O–H groups in total. The molecule has 0 aliphatic carbocycles. The SMILES string of the molecule is CCCCOc1ccc(C(=O)/C=C/Nc2ccccc2OCC)cc1. The molecule has 0 amide bonds. The van der Waals surface area contributed by atoms with Gasteiger partial charge >= 0.3 is 0 Å². The summed E-state index contributed by atoms with van der Waals surface area (Å²) in [6.45, 7) is 5.35. The van der Waals surface area contributed by atoms with E-state index in [0.29, 0.717) is 18.8 Å². The minimum Gasteiger partial charge on any atom is -0.494 e. The Kier molecular flexibility index (Phi) is 7.57. The molecule has 2 aromatic rings. The maximum absolute atomic E-state index is 12.2. The van der Waals surface area contributed by atoms with E-state index in [4.69, 9.17) is 9.47 Å². The number of benzene rings is 2. The number of hydrogen-bond donors (Lipinski definition) is 1. The Labute approximate surface area is 149 Å². The Bertz CT molecular complexity index is 693. The second-order valence-electron chi connectivity index (χ2n) is 5.50. The fourth-order valence-electron chi connectivity index (χ4n) is 2.22.